The SMILES string of the molecule is Cc1ncn(CCNC(=O)c2cccc([N+](=O)[O-])c2)c(=O)c1C. The van der Waals surface area contributed by atoms with Gasteiger partial charge in [-0.05, 0) is 19.9 Å². The van der Waals surface area contributed by atoms with Crippen molar-refractivity contribution in [2.75, 3.05) is 6.54 Å². The number of rotatable bonds is 5. The Morgan fingerprint density at radius 3 is 2.83 bits per heavy atom. The first-order chi connectivity index (χ1) is 10.9. The van der Waals surface area contributed by atoms with Crippen LogP contribution in [0, 0.1) is 24.0 Å². The van der Waals surface area contributed by atoms with Crippen LogP contribution < -0.4 is 10.9 Å². The fourth-order valence-electron chi connectivity index (χ4n) is 1.99. The minimum atomic E-state index is -0.558. The highest BCUT2D eigenvalue weighted by atomic mass is 16.6. The van der Waals surface area contributed by atoms with Crippen LogP contribution in [0.3, 0.4) is 0 Å². The first-order valence-electron chi connectivity index (χ1n) is 6.95. The lowest BCUT2D eigenvalue weighted by Crippen LogP contribution is -2.32. The molecule has 0 saturated carbocycles. The molecule has 23 heavy (non-hydrogen) atoms. The number of non-ortho nitro benzene ring substituents is 1. The lowest BCUT2D eigenvalue weighted by Gasteiger charge is -2.09. The molecule has 0 spiro atoms. The third-order valence-corrected chi connectivity index (χ3v) is 3.47. The Labute approximate surface area is 131 Å². The Kier molecular flexibility index (Phi) is 4.85. The molecule has 0 aliphatic carbocycles. The number of aromatic nitrogens is 2. The predicted molar refractivity (Wildman–Crippen MR) is 83.4 cm³/mol. The molecule has 0 aliphatic rings. The molecule has 0 fully saturated rings. The summed E-state index contributed by atoms with van der Waals surface area (Å²) in [5, 5.41) is 13.3. The van der Waals surface area contributed by atoms with Crippen molar-refractivity contribution in [2.45, 2.75) is 20.4 Å². The van der Waals surface area contributed by atoms with Gasteiger partial charge in [0.15, 0.2) is 0 Å². The van der Waals surface area contributed by atoms with E-state index >= 15 is 0 Å². The quantitative estimate of drug-likeness (QED) is 0.659. The fraction of sp³-hybridized carbons (Fsp3) is 0.267. The first kappa shape index (κ1) is 16.3. The van der Waals surface area contributed by atoms with Crippen LogP contribution >= 0.6 is 0 Å². The van der Waals surface area contributed by atoms with Gasteiger partial charge < -0.3 is 5.32 Å². The number of nitrogens with one attached hydrogen (secondary N) is 1. The van der Waals surface area contributed by atoms with Crippen molar-refractivity contribution in [3.8, 4) is 0 Å². The summed E-state index contributed by atoms with van der Waals surface area (Å²) in [5.74, 6) is -0.432. The molecule has 8 nitrogen and oxygen atoms in total. The number of carbonyl (C=O) groups excluding carboxylic acids is 1. The number of nitro groups is 1. The number of carbonyl (C=O) groups is 1. The third-order valence-electron chi connectivity index (χ3n) is 3.47. The first-order valence-corrected chi connectivity index (χ1v) is 6.95. The number of benzene rings is 1. The average molecular weight is 316 g/mol. The van der Waals surface area contributed by atoms with Crippen molar-refractivity contribution < 1.29 is 9.72 Å². The van der Waals surface area contributed by atoms with Crippen LogP contribution in [0.4, 0.5) is 5.69 Å². The molecule has 0 aliphatic heterocycles. The maximum Gasteiger partial charge on any atom is 0.270 e. The van der Waals surface area contributed by atoms with E-state index in [4.69, 9.17) is 0 Å². The Morgan fingerprint density at radius 2 is 2.13 bits per heavy atom. The molecule has 2 aromatic rings. The number of nitrogens with zero attached hydrogens (tertiary/aromatic N) is 3. The van der Waals surface area contributed by atoms with E-state index in [0.717, 1.165) is 0 Å². The van der Waals surface area contributed by atoms with E-state index in [1.54, 1.807) is 13.8 Å². The van der Waals surface area contributed by atoms with Gasteiger partial charge in [0.2, 0.25) is 0 Å². The van der Waals surface area contributed by atoms with Gasteiger partial charge in [-0.25, -0.2) is 4.98 Å². The highest BCUT2D eigenvalue weighted by Crippen LogP contribution is 2.12. The Balaban J connectivity index is 2.00. The summed E-state index contributed by atoms with van der Waals surface area (Å²) in [6.45, 7) is 3.94. The molecule has 1 aromatic heterocycles. The van der Waals surface area contributed by atoms with Gasteiger partial charge in [-0.15, -0.1) is 0 Å². The molecule has 0 unspecified atom stereocenters. The zero-order valence-corrected chi connectivity index (χ0v) is 12.8. The van der Waals surface area contributed by atoms with Crippen LogP contribution in [0.25, 0.3) is 0 Å². The number of nitro benzene ring substituents is 1. The molecule has 1 N–H and O–H groups in total. The summed E-state index contributed by atoms with van der Waals surface area (Å²) < 4.78 is 1.41. The summed E-state index contributed by atoms with van der Waals surface area (Å²) in [6.07, 6.45) is 1.43. The summed E-state index contributed by atoms with van der Waals surface area (Å²) >= 11 is 0. The lowest BCUT2D eigenvalue weighted by molar-refractivity contribution is -0.384. The van der Waals surface area contributed by atoms with Crippen LogP contribution in [0.15, 0.2) is 35.4 Å². The van der Waals surface area contributed by atoms with Crippen molar-refractivity contribution in [2.24, 2.45) is 0 Å². The topological polar surface area (TPSA) is 107 Å². The molecule has 120 valence electrons. The van der Waals surface area contributed by atoms with Crippen molar-refractivity contribution in [1.29, 1.82) is 0 Å². The smallest absolute Gasteiger partial charge is 0.270 e. The second kappa shape index (κ2) is 6.82. The van der Waals surface area contributed by atoms with Crippen LogP contribution in [-0.4, -0.2) is 26.9 Å². The Hall–Kier alpha value is -3.03. The molecule has 1 amide bonds. The normalized spacial score (nSPS) is 10.3. The van der Waals surface area contributed by atoms with Crippen molar-refractivity contribution in [3.63, 3.8) is 0 Å². The molecular weight excluding hydrogens is 300 g/mol. The average Bonchev–Trinajstić information content (AvgIpc) is 2.54. The van der Waals surface area contributed by atoms with Gasteiger partial charge in [-0.3, -0.25) is 24.3 Å². The van der Waals surface area contributed by atoms with Crippen LogP contribution in [-0.2, 0) is 6.54 Å². The molecule has 0 saturated heterocycles. The van der Waals surface area contributed by atoms with Gasteiger partial charge in [0.25, 0.3) is 17.2 Å². The molecule has 0 radical (unpaired) electrons. The molecular formula is C15H16N4O4. The van der Waals surface area contributed by atoms with Crippen LogP contribution in [0.1, 0.15) is 21.6 Å². The Morgan fingerprint density at radius 1 is 1.39 bits per heavy atom. The van der Waals surface area contributed by atoms with Crippen LogP contribution in [0.5, 0.6) is 0 Å². The summed E-state index contributed by atoms with van der Waals surface area (Å²) in [4.78, 5) is 38.2. The fourth-order valence-corrected chi connectivity index (χ4v) is 1.99. The highest BCUT2D eigenvalue weighted by molar-refractivity contribution is 5.94. The summed E-state index contributed by atoms with van der Waals surface area (Å²) in [6, 6.07) is 5.47. The number of aryl methyl sites for hydroxylation is 1. The minimum Gasteiger partial charge on any atom is -0.350 e. The number of hydrogen-bond acceptors (Lipinski definition) is 5. The predicted octanol–water partition coefficient (Wildman–Crippen LogP) is 1.20. The maximum absolute atomic E-state index is 12.0. The summed E-state index contributed by atoms with van der Waals surface area (Å²) in [7, 11) is 0. The molecule has 1 heterocycles. The van der Waals surface area contributed by atoms with Crippen LogP contribution in [0.2, 0.25) is 0 Å². The third kappa shape index (κ3) is 3.79. The molecule has 0 atom stereocenters. The van der Waals surface area contributed by atoms with E-state index < -0.39 is 10.8 Å². The van der Waals surface area contributed by atoms with Crippen molar-refractivity contribution in [1.82, 2.24) is 14.9 Å². The molecule has 1 aromatic carbocycles. The standard InChI is InChI=1S/C15H16N4O4/c1-10-11(2)17-9-18(15(10)21)7-6-16-14(20)12-4-3-5-13(8-12)19(22)23/h3-5,8-9H,6-7H2,1-2H3,(H,16,20). The largest absolute Gasteiger partial charge is 0.350 e. The van der Waals surface area contributed by atoms with E-state index in [1.807, 2.05) is 0 Å². The number of hydrogen-bond donors (Lipinski definition) is 1. The maximum atomic E-state index is 12.0. The van der Waals surface area contributed by atoms with Crippen molar-refractivity contribution >= 4 is 11.6 Å². The minimum absolute atomic E-state index is 0.146. The van der Waals surface area contributed by atoms with E-state index in [9.17, 15) is 19.7 Å². The summed E-state index contributed by atoms with van der Waals surface area (Å²) in [5.41, 5.74) is 1.14. The highest BCUT2D eigenvalue weighted by Gasteiger charge is 2.11. The van der Waals surface area contributed by atoms with Gasteiger partial charge in [0.05, 0.1) is 11.3 Å². The van der Waals surface area contributed by atoms with E-state index in [2.05, 4.69) is 10.3 Å². The lowest BCUT2D eigenvalue weighted by atomic mass is 10.2. The van der Waals surface area contributed by atoms with E-state index in [-0.39, 0.29) is 29.9 Å². The second-order valence-corrected chi connectivity index (χ2v) is 5.02. The molecule has 8 heteroatoms. The van der Waals surface area contributed by atoms with E-state index in [1.165, 1.54) is 35.2 Å². The zero-order chi connectivity index (χ0) is 17.0. The van der Waals surface area contributed by atoms with Gasteiger partial charge >= 0.3 is 0 Å². The van der Waals surface area contributed by atoms with Gasteiger partial charge in [-0.2, -0.15) is 0 Å². The molecule has 0 bridgehead atoms. The Bertz CT molecular complexity index is 813. The van der Waals surface area contributed by atoms with Gasteiger partial charge in [0.1, 0.15) is 0 Å². The van der Waals surface area contributed by atoms with Gasteiger partial charge in [-0.1, -0.05) is 6.07 Å². The second-order valence-electron chi connectivity index (χ2n) is 5.02. The monoisotopic (exact) mass is 316 g/mol. The zero-order valence-electron chi connectivity index (χ0n) is 12.8. The van der Waals surface area contributed by atoms with E-state index in [0.29, 0.717) is 11.3 Å². The van der Waals surface area contributed by atoms with Gasteiger partial charge in [0, 0.05) is 42.0 Å². The number of amides is 1. The van der Waals surface area contributed by atoms with Crippen molar-refractivity contribution in [3.05, 3.63) is 67.9 Å². The molecule has 2 rings (SSSR count).